The van der Waals surface area contributed by atoms with Crippen molar-refractivity contribution in [2.45, 2.75) is 13.1 Å². The number of rotatable bonds is 7. The largest absolute Gasteiger partial charge is 0.467 e. The monoisotopic (exact) mass is 435 g/mol. The Balaban J connectivity index is 1.64. The molecule has 0 saturated heterocycles. The topological polar surface area (TPSA) is 76.8 Å². The highest BCUT2D eigenvalue weighted by Crippen LogP contribution is 2.21. The number of fused-ring (bicyclic) bond motifs is 1. The van der Waals surface area contributed by atoms with Crippen molar-refractivity contribution in [2.75, 3.05) is 6.26 Å². The van der Waals surface area contributed by atoms with Crippen molar-refractivity contribution in [1.29, 1.82) is 0 Å². The van der Waals surface area contributed by atoms with Gasteiger partial charge in [0.2, 0.25) is 0 Å². The summed E-state index contributed by atoms with van der Waals surface area (Å²) in [4.78, 5) is 15.0. The van der Waals surface area contributed by atoms with E-state index in [-0.39, 0.29) is 24.7 Å². The molecule has 4 aromatic rings. The molecule has 0 N–H and O–H groups in total. The lowest BCUT2D eigenvalue weighted by Gasteiger charge is -2.22. The molecule has 0 radical (unpaired) electrons. The van der Waals surface area contributed by atoms with Crippen LogP contribution in [0.3, 0.4) is 0 Å². The zero-order chi connectivity index (χ0) is 21.8. The van der Waals surface area contributed by atoms with Gasteiger partial charge in [0.1, 0.15) is 11.5 Å². The Morgan fingerprint density at radius 3 is 2.45 bits per heavy atom. The molecule has 0 fully saturated rings. The number of hydrogen-bond donors (Lipinski definition) is 0. The number of nitrogens with zero attached hydrogens (tertiary/aromatic N) is 1. The van der Waals surface area contributed by atoms with Gasteiger partial charge in [0, 0.05) is 12.1 Å². The van der Waals surface area contributed by atoms with Crippen LogP contribution in [0.4, 0.5) is 0 Å². The van der Waals surface area contributed by atoms with E-state index in [1.54, 1.807) is 35.4 Å². The summed E-state index contributed by atoms with van der Waals surface area (Å²) in [5, 5.41) is 2.04. The van der Waals surface area contributed by atoms with Crippen LogP contribution in [0, 0.1) is 0 Å². The summed E-state index contributed by atoms with van der Waals surface area (Å²) in [7, 11) is -3.64. The quantitative estimate of drug-likeness (QED) is 0.396. The van der Waals surface area contributed by atoms with E-state index in [1.807, 2.05) is 54.6 Å². The summed E-state index contributed by atoms with van der Waals surface area (Å²) < 4.78 is 33.3. The lowest BCUT2D eigenvalue weighted by atomic mass is 10.1. The van der Waals surface area contributed by atoms with Crippen LogP contribution in [-0.2, 0) is 23.2 Å². The van der Waals surface area contributed by atoms with Crippen LogP contribution in [0.1, 0.15) is 21.7 Å². The first-order valence-corrected chi connectivity index (χ1v) is 11.5. The fraction of sp³-hybridized carbons (Fsp3) is 0.125. The van der Waals surface area contributed by atoms with Crippen molar-refractivity contribution in [3.8, 4) is 5.75 Å². The second-order valence-electron chi connectivity index (χ2n) is 7.24. The molecule has 0 atom stereocenters. The first-order valence-electron chi connectivity index (χ1n) is 9.66. The molecule has 3 aromatic carbocycles. The molecule has 4 rings (SSSR count). The van der Waals surface area contributed by atoms with Gasteiger partial charge >= 0.3 is 10.1 Å². The van der Waals surface area contributed by atoms with Crippen molar-refractivity contribution in [1.82, 2.24) is 4.90 Å². The first kappa shape index (κ1) is 20.7. The molecule has 0 bridgehead atoms. The van der Waals surface area contributed by atoms with Gasteiger partial charge in [-0.1, -0.05) is 42.5 Å². The number of furan rings is 1. The van der Waals surface area contributed by atoms with Gasteiger partial charge < -0.3 is 13.5 Å². The molecule has 0 spiro atoms. The summed E-state index contributed by atoms with van der Waals surface area (Å²) in [6.45, 7) is 0.531. The predicted octanol–water partition coefficient (Wildman–Crippen LogP) is 4.61. The number of carbonyl (C=O) groups is 1. The minimum atomic E-state index is -3.64. The number of hydrogen-bond acceptors (Lipinski definition) is 5. The van der Waals surface area contributed by atoms with Crippen LogP contribution in [-0.4, -0.2) is 25.5 Å². The molecule has 0 unspecified atom stereocenters. The minimum Gasteiger partial charge on any atom is -0.467 e. The standard InChI is InChI=1S/C24H21NO5S/c1-31(27,28)30-22-9-4-6-18(14-22)16-25(17-23-10-5-13-29-23)24(26)21-12-11-19-7-2-3-8-20(19)15-21/h2-15H,16-17H2,1H3. The van der Waals surface area contributed by atoms with Crippen molar-refractivity contribution in [3.05, 3.63) is 102 Å². The van der Waals surface area contributed by atoms with E-state index in [0.717, 1.165) is 22.6 Å². The van der Waals surface area contributed by atoms with Crippen LogP contribution in [0.25, 0.3) is 10.8 Å². The summed E-state index contributed by atoms with van der Waals surface area (Å²) in [5.41, 5.74) is 1.30. The first-order chi connectivity index (χ1) is 14.9. The molecule has 1 heterocycles. The normalized spacial score (nSPS) is 11.4. The Hall–Kier alpha value is -3.58. The van der Waals surface area contributed by atoms with Crippen LogP contribution >= 0.6 is 0 Å². The van der Waals surface area contributed by atoms with E-state index in [0.29, 0.717) is 11.3 Å². The zero-order valence-corrected chi connectivity index (χ0v) is 17.7. The molecular weight excluding hydrogens is 414 g/mol. The Kier molecular flexibility index (Phi) is 5.77. The van der Waals surface area contributed by atoms with E-state index >= 15 is 0 Å². The molecule has 31 heavy (non-hydrogen) atoms. The molecule has 6 nitrogen and oxygen atoms in total. The smallest absolute Gasteiger partial charge is 0.306 e. The summed E-state index contributed by atoms with van der Waals surface area (Å²) in [6, 6.07) is 23.7. The molecule has 0 aliphatic carbocycles. The van der Waals surface area contributed by atoms with E-state index in [2.05, 4.69) is 0 Å². The fourth-order valence-corrected chi connectivity index (χ4v) is 3.84. The summed E-state index contributed by atoms with van der Waals surface area (Å²) >= 11 is 0. The van der Waals surface area contributed by atoms with Crippen molar-refractivity contribution < 1.29 is 21.8 Å². The van der Waals surface area contributed by atoms with Gasteiger partial charge in [-0.05, 0) is 52.7 Å². The fourth-order valence-electron chi connectivity index (χ4n) is 3.39. The van der Waals surface area contributed by atoms with E-state index in [4.69, 9.17) is 8.60 Å². The highest BCUT2D eigenvalue weighted by Gasteiger charge is 2.19. The highest BCUT2D eigenvalue weighted by atomic mass is 32.2. The molecule has 0 saturated carbocycles. The lowest BCUT2D eigenvalue weighted by molar-refractivity contribution is 0.0717. The van der Waals surface area contributed by atoms with Gasteiger partial charge in [-0.2, -0.15) is 8.42 Å². The Morgan fingerprint density at radius 2 is 1.71 bits per heavy atom. The third-order valence-electron chi connectivity index (χ3n) is 4.73. The maximum atomic E-state index is 13.4. The third kappa shape index (κ3) is 5.32. The number of amides is 1. The SMILES string of the molecule is CS(=O)(=O)Oc1cccc(CN(Cc2ccco2)C(=O)c2ccc3ccccc3c2)c1. The predicted molar refractivity (Wildman–Crippen MR) is 118 cm³/mol. The second-order valence-corrected chi connectivity index (χ2v) is 8.81. The Bertz CT molecular complexity index is 1310. The van der Waals surface area contributed by atoms with Crippen molar-refractivity contribution in [2.24, 2.45) is 0 Å². The molecule has 7 heteroatoms. The van der Waals surface area contributed by atoms with Gasteiger partial charge in [-0.3, -0.25) is 4.79 Å². The van der Waals surface area contributed by atoms with Gasteiger partial charge in [-0.15, -0.1) is 0 Å². The number of carbonyl (C=O) groups excluding carboxylic acids is 1. The van der Waals surface area contributed by atoms with Crippen molar-refractivity contribution >= 4 is 26.8 Å². The van der Waals surface area contributed by atoms with Crippen LogP contribution in [0.2, 0.25) is 0 Å². The van der Waals surface area contributed by atoms with Gasteiger partial charge in [-0.25, -0.2) is 0 Å². The second kappa shape index (κ2) is 8.65. The molecule has 1 aromatic heterocycles. The van der Waals surface area contributed by atoms with Crippen LogP contribution in [0.15, 0.2) is 89.5 Å². The highest BCUT2D eigenvalue weighted by molar-refractivity contribution is 7.86. The summed E-state index contributed by atoms with van der Waals surface area (Å²) in [5.74, 6) is 0.699. The molecule has 0 aliphatic rings. The molecule has 0 aliphatic heterocycles. The van der Waals surface area contributed by atoms with E-state index < -0.39 is 10.1 Å². The van der Waals surface area contributed by atoms with E-state index in [9.17, 15) is 13.2 Å². The molecule has 158 valence electrons. The Morgan fingerprint density at radius 1 is 0.903 bits per heavy atom. The van der Waals surface area contributed by atoms with Gasteiger partial charge in [0.25, 0.3) is 5.91 Å². The average Bonchev–Trinajstić information content (AvgIpc) is 3.24. The molecular formula is C24H21NO5S. The summed E-state index contributed by atoms with van der Waals surface area (Å²) in [6.07, 6.45) is 2.56. The van der Waals surface area contributed by atoms with Gasteiger partial charge in [0.15, 0.2) is 0 Å². The number of benzene rings is 3. The van der Waals surface area contributed by atoms with Gasteiger partial charge in [0.05, 0.1) is 19.1 Å². The van der Waals surface area contributed by atoms with E-state index in [1.165, 1.54) is 0 Å². The lowest BCUT2D eigenvalue weighted by Crippen LogP contribution is -2.30. The van der Waals surface area contributed by atoms with Crippen LogP contribution < -0.4 is 4.18 Å². The average molecular weight is 436 g/mol. The minimum absolute atomic E-state index is 0.156. The maximum absolute atomic E-state index is 13.4. The third-order valence-corrected chi connectivity index (χ3v) is 5.23. The van der Waals surface area contributed by atoms with Crippen molar-refractivity contribution in [3.63, 3.8) is 0 Å². The molecule has 1 amide bonds. The Labute approximate surface area is 180 Å². The zero-order valence-electron chi connectivity index (χ0n) is 16.9. The maximum Gasteiger partial charge on any atom is 0.306 e. The van der Waals surface area contributed by atoms with Crippen LogP contribution in [0.5, 0.6) is 5.75 Å².